The Labute approximate surface area is 101 Å². The SMILES string of the molecule is Nc1ccn(CC(=O)NCCC2CCCC2)n1. The Bertz CT molecular complexity index is 368. The van der Waals surface area contributed by atoms with Gasteiger partial charge in [0, 0.05) is 12.7 Å². The lowest BCUT2D eigenvalue weighted by molar-refractivity contribution is -0.121. The Morgan fingerprint density at radius 1 is 1.53 bits per heavy atom. The van der Waals surface area contributed by atoms with Crippen LogP contribution in [0.5, 0.6) is 0 Å². The average molecular weight is 236 g/mol. The lowest BCUT2D eigenvalue weighted by Gasteiger charge is -2.09. The van der Waals surface area contributed by atoms with Gasteiger partial charge in [0.15, 0.2) is 0 Å². The lowest BCUT2D eigenvalue weighted by Crippen LogP contribution is -2.29. The summed E-state index contributed by atoms with van der Waals surface area (Å²) in [5.74, 6) is 1.27. The van der Waals surface area contributed by atoms with Gasteiger partial charge in [0.25, 0.3) is 0 Å². The molecular formula is C12H20N4O. The van der Waals surface area contributed by atoms with Crippen LogP contribution >= 0.6 is 0 Å². The number of carbonyl (C=O) groups is 1. The van der Waals surface area contributed by atoms with Crippen molar-refractivity contribution >= 4 is 11.7 Å². The third-order valence-corrected chi connectivity index (χ3v) is 3.32. The molecular weight excluding hydrogens is 216 g/mol. The first-order chi connectivity index (χ1) is 8.24. The molecule has 1 aromatic rings. The van der Waals surface area contributed by atoms with E-state index in [9.17, 15) is 4.79 Å². The number of amides is 1. The van der Waals surface area contributed by atoms with Crippen molar-refractivity contribution in [3.8, 4) is 0 Å². The van der Waals surface area contributed by atoms with Gasteiger partial charge < -0.3 is 11.1 Å². The molecule has 0 radical (unpaired) electrons. The van der Waals surface area contributed by atoms with E-state index in [1.165, 1.54) is 25.7 Å². The predicted molar refractivity (Wildman–Crippen MR) is 66.2 cm³/mol. The molecule has 0 atom stereocenters. The van der Waals surface area contributed by atoms with E-state index < -0.39 is 0 Å². The van der Waals surface area contributed by atoms with Gasteiger partial charge in [-0.25, -0.2) is 0 Å². The van der Waals surface area contributed by atoms with Gasteiger partial charge in [0.1, 0.15) is 12.4 Å². The van der Waals surface area contributed by atoms with Crippen molar-refractivity contribution in [1.82, 2.24) is 15.1 Å². The van der Waals surface area contributed by atoms with E-state index in [0.29, 0.717) is 5.82 Å². The molecule has 17 heavy (non-hydrogen) atoms. The number of hydrogen-bond donors (Lipinski definition) is 2. The van der Waals surface area contributed by atoms with Crippen molar-refractivity contribution in [2.45, 2.75) is 38.6 Å². The zero-order valence-corrected chi connectivity index (χ0v) is 10.1. The first kappa shape index (κ1) is 12.0. The molecule has 0 spiro atoms. The number of aromatic nitrogens is 2. The van der Waals surface area contributed by atoms with Crippen LogP contribution < -0.4 is 11.1 Å². The highest BCUT2D eigenvalue weighted by Crippen LogP contribution is 2.26. The number of hydrogen-bond acceptors (Lipinski definition) is 3. The van der Waals surface area contributed by atoms with E-state index in [2.05, 4.69) is 10.4 Å². The van der Waals surface area contributed by atoms with Gasteiger partial charge in [-0.05, 0) is 18.4 Å². The number of nitrogen functional groups attached to an aromatic ring is 1. The first-order valence-electron chi connectivity index (χ1n) is 6.29. The van der Waals surface area contributed by atoms with Gasteiger partial charge in [0.2, 0.25) is 5.91 Å². The molecule has 1 heterocycles. The van der Waals surface area contributed by atoms with E-state index >= 15 is 0 Å². The molecule has 3 N–H and O–H groups in total. The molecule has 1 fully saturated rings. The minimum atomic E-state index is 0.00565. The maximum Gasteiger partial charge on any atom is 0.241 e. The van der Waals surface area contributed by atoms with Crippen LogP contribution in [0.1, 0.15) is 32.1 Å². The highest BCUT2D eigenvalue weighted by molar-refractivity contribution is 5.75. The summed E-state index contributed by atoms with van der Waals surface area (Å²) >= 11 is 0. The van der Waals surface area contributed by atoms with Crippen LogP contribution in [0.3, 0.4) is 0 Å². The molecule has 2 rings (SSSR count). The van der Waals surface area contributed by atoms with Gasteiger partial charge in [0.05, 0.1) is 0 Å². The number of nitrogens with zero attached hydrogens (tertiary/aromatic N) is 2. The van der Waals surface area contributed by atoms with E-state index in [4.69, 9.17) is 5.73 Å². The van der Waals surface area contributed by atoms with Crippen LogP contribution in [0.4, 0.5) is 5.82 Å². The normalized spacial score (nSPS) is 16.2. The summed E-state index contributed by atoms with van der Waals surface area (Å²) in [4.78, 5) is 11.6. The largest absolute Gasteiger partial charge is 0.382 e. The maximum atomic E-state index is 11.6. The number of nitrogens with two attached hydrogens (primary N) is 1. The summed E-state index contributed by atoms with van der Waals surface area (Å²) < 4.78 is 1.56. The van der Waals surface area contributed by atoms with E-state index in [0.717, 1.165) is 18.9 Å². The van der Waals surface area contributed by atoms with Crippen molar-refractivity contribution in [3.63, 3.8) is 0 Å². The topological polar surface area (TPSA) is 72.9 Å². The van der Waals surface area contributed by atoms with Crippen molar-refractivity contribution in [3.05, 3.63) is 12.3 Å². The first-order valence-corrected chi connectivity index (χ1v) is 6.29. The second-order valence-electron chi connectivity index (χ2n) is 4.73. The van der Waals surface area contributed by atoms with Crippen LogP contribution in [0.2, 0.25) is 0 Å². The summed E-state index contributed by atoms with van der Waals surface area (Å²) in [6.45, 7) is 1.03. The fraction of sp³-hybridized carbons (Fsp3) is 0.667. The molecule has 0 aliphatic heterocycles. The van der Waals surface area contributed by atoms with Gasteiger partial charge in [-0.2, -0.15) is 5.10 Å². The molecule has 0 bridgehead atoms. The lowest BCUT2D eigenvalue weighted by atomic mass is 10.0. The Kier molecular flexibility index (Phi) is 4.01. The molecule has 1 amide bonds. The Morgan fingerprint density at radius 2 is 2.29 bits per heavy atom. The zero-order valence-electron chi connectivity index (χ0n) is 10.1. The highest BCUT2D eigenvalue weighted by atomic mass is 16.2. The van der Waals surface area contributed by atoms with E-state index in [1.54, 1.807) is 16.9 Å². The average Bonchev–Trinajstić information content (AvgIpc) is 2.90. The van der Waals surface area contributed by atoms with Gasteiger partial charge in [-0.1, -0.05) is 25.7 Å². The Hall–Kier alpha value is -1.52. The monoisotopic (exact) mass is 236 g/mol. The maximum absolute atomic E-state index is 11.6. The predicted octanol–water partition coefficient (Wildman–Crippen LogP) is 1.16. The van der Waals surface area contributed by atoms with Crippen LogP contribution in [0.25, 0.3) is 0 Å². The van der Waals surface area contributed by atoms with Crippen molar-refractivity contribution in [2.24, 2.45) is 5.92 Å². The molecule has 94 valence electrons. The number of carbonyl (C=O) groups excluding carboxylic acids is 1. The quantitative estimate of drug-likeness (QED) is 0.805. The molecule has 5 nitrogen and oxygen atoms in total. The number of rotatable bonds is 5. The second-order valence-corrected chi connectivity index (χ2v) is 4.73. The Morgan fingerprint density at radius 3 is 2.94 bits per heavy atom. The third kappa shape index (κ3) is 3.76. The molecule has 1 saturated carbocycles. The number of anilines is 1. The molecule has 5 heteroatoms. The molecule has 0 aromatic carbocycles. The van der Waals surface area contributed by atoms with Crippen LogP contribution in [0, 0.1) is 5.92 Å². The van der Waals surface area contributed by atoms with Gasteiger partial charge in [-0.15, -0.1) is 0 Å². The van der Waals surface area contributed by atoms with Crippen LogP contribution in [-0.4, -0.2) is 22.2 Å². The summed E-state index contributed by atoms with van der Waals surface area (Å²) in [7, 11) is 0. The molecule has 0 unspecified atom stereocenters. The highest BCUT2D eigenvalue weighted by Gasteiger charge is 2.14. The van der Waals surface area contributed by atoms with Crippen LogP contribution in [-0.2, 0) is 11.3 Å². The third-order valence-electron chi connectivity index (χ3n) is 3.32. The summed E-state index contributed by atoms with van der Waals surface area (Å²) in [5, 5.41) is 6.90. The van der Waals surface area contributed by atoms with Crippen molar-refractivity contribution < 1.29 is 4.79 Å². The van der Waals surface area contributed by atoms with Gasteiger partial charge >= 0.3 is 0 Å². The molecule has 1 aliphatic rings. The number of nitrogens with one attached hydrogen (secondary N) is 1. The van der Waals surface area contributed by atoms with E-state index in [-0.39, 0.29) is 12.5 Å². The minimum absolute atomic E-state index is 0.00565. The minimum Gasteiger partial charge on any atom is -0.382 e. The second kappa shape index (κ2) is 5.70. The van der Waals surface area contributed by atoms with Crippen molar-refractivity contribution in [1.29, 1.82) is 0 Å². The smallest absolute Gasteiger partial charge is 0.241 e. The molecule has 0 saturated heterocycles. The molecule has 1 aliphatic carbocycles. The Balaban J connectivity index is 1.63. The summed E-state index contributed by atoms with van der Waals surface area (Å²) in [6.07, 6.45) is 8.17. The van der Waals surface area contributed by atoms with E-state index in [1.807, 2.05) is 0 Å². The fourth-order valence-corrected chi connectivity index (χ4v) is 2.38. The zero-order chi connectivity index (χ0) is 12.1. The summed E-state index contributed by atoms with van der Waals surface area (Å²) in [6, 6.07) is 1.69. The molecule has 1 aromatic heterocycles. The van der Waals surface area contributed by atoms with Crippen molar-refractivity contribution in [2.75, 3.05) is 12.3 Å². The summed E-state index contributed by atoms with van der Waals surface area (Å²) in [5.41, 5.74) is 5.47. The standard InChI is InChI=1S/C12H20N4O/c13-11-6-8-16(15-11)9-12(17)14-7-5-10-3-1-2-4-10/h6,8,10H,1-5,7,9H2,(H2,13,15)(H,14,17). The fourth-order valence-electron chi connectivity index (χ4n) is 2.38. The van der Waals surface area contributed by atoms with Gasteiger partial charge in [-0.3, -0.25) is 9.48 Å². The van der Waals surface area contributed by atoms with Crippen LogP contribution in [0.15, 0.2) is 12.3 Å².